The van der Waals surface area contributed by atoms with Gasteiger partial charge >= 0.3 is 16.3 Å². The molecule has 0 spiro atoms. The molecule has 1 aromatic carbocycles. The van der Waals surface area contributed by atoms with Crippen molar-refractivity contribution in [3.8, 4) is 0 Å². The quantitative estimate of drug-likeness (QED) is 0.755. The lowest BCUT2D eigenvalue weighted by atomic mass is 10.1. The first-order valence-corrected chi connectivity index (χ1v) is 8.03. The molecule has 1 aliphatic rings. The molecular formula is C13H18N2O5S. The highest BCUT2D eigenvalue weighted by Gasteiger charge is 2.34. The van der Waals surface area contributed by atoms with Crippen molar-refractivity contribution in [2.45, 2.75) is 38.5 Å². The van der Waals surface area contributed by atoms with Crippen molar-refractivity contribution in [3.05, 3.63) is 35.4 Å². The SMILES string of the molecule is CC(C)OC(=O)NS(=O)(=O)N[C@H]1c2ccccc2C[C@H]1O. The van der Waals surface area contributed by atoms with Crippen LogP contribution in [0.1, 0.15) is 31.0 Å². The van der Waals surface area contributed by atoms with E-state index in [4.69, 9.17) is 4.74 Å². The number of amides is 1. The summed E-state index contributed by atoms with van der Waals surface area (Å²) in [5.41, 5.74) is 1.58. The molecule has 0 radical (unpaired) electrons. The van der Waals surface area contributed by atoms with Gasteiger partial charge in [-0.25, -0.2) is 9.52 Å². The number of hydrogen-bond acceptors (Lipinski definition) is 5. The molecule has 3 N–H and O–H groups in total. The van der Waals surface area contributed by atoms with Gasteiger partial charge in [0.05, 0.1) is 18.2 Å². The normalized spacial score (nSPS) is 21.1. The molecule has 2 atom stereocenters. The van der Waals surface area contributed by atoms with Gasteiger partial charge in [-0.1, -0.05) is 24.3 Å². The molecule has 1 amide bonds. The second-order valence-electron chi connectivity index (χ2n) is 5.13. The zero-order valence-corrected chi connectivity index (χ0v) is 12.6. The monoisotopic (exact) mass is 314 g/mol. The fraction of sp³-hybridized carbons (Fsp3) is 0.462. The molecule has 0 heterocycles. The standard InChI is InChI=1S/C13H18N2O5S/c1-8(2)20-13(17)15-21(18,19)14-12-10-6-4-3-5-9(10)7-11(12)16/h3-6,8,11-12,14,16H,7H2,1-2H3,(H,15,17)/t11-,12+/m1/s1. The molecule has 8 heteroatoms. The number of aliphatic hydroxyl groups is 1. The predicted octanol–water partition coefficient (Wildman–Crippen LogP) is 0.614. The smallest absolute Gasteiger partial charge is 0.422 e. The van der Waals surface area contributed by atoms with Crippen LogP contribution < -0.4 is 9.44 Å². The van der Waals surface area contributed by atoms with Crippen LogP contribution in [0.25, 0.3) is 0 Å². The fourth-order valence-electron chi connectivity index (χ4n) is 2.26. The maximum atomic E-state index is 11.9. The number of rotatable bonds is 4. The summed E-state index contributed by atoms with van der Waals surface area (Å²) in [5.74, 6) is 0. The third-order valence-corrected chi connectivity index (χ3v) is 4.05. The molecular weight excluding hydrogens is 296 g/mol. The Hall–Kier alpha value is -1.64. The average molecular weight is 314 g/mol. The van der Waals surface area contributed by atoms with Gasteiger partial charge in [-0.05, 0) is 25.0 Å². The summed E-state index contributed by atoms with van der Waals surface area (Å²) in [5, 5.41) is 9.98. The maximum Gasteiger partial charge on any atom is 0.422 e. The Morgan fingerprint density at radius 3 is 2.71 bits per heavy atom. The van der Waals surface area contributed by atoms with E-state index in [2.05, 4.69) is 4.72 Å². The van der Waals surface area contributed by atoms with E-state index in [1.807, 2.05) is 12.1 Å². The summed E-state index contributed by atoms with van der Waals surface area (Å²) in [6.07, 6.45) is -2.00. The van der Waals surface area contributed by atoms with E-state index in [1.165, 1.54) is 0 Å². The molecule has 1 aliphatic carbocycles. The summed E-state index contributed by atoms with van der Waals surface area (Å²) in [7, 11) is -4.12. The van der Waals surface area contributed by atoms with Crippen molar-refractivity contribution in [2.24, 2.45) is 0 Å². The van der Waals surface area contributed by atoms with Crippen LogP contribution in [0.15, 0.2) is 24.3 Å². The number of carbonyl (C=O) groups excluding carboxylic acids is 1. The van der Waals surface area contributed by atoms with Gasteiger partial charge in [0.25, 0.3) is 0 Å². The van der Waals surface area contributed by atoms with Gasteiger partial charge in [-0.2, -0.15) is 13.1 Å². The Kier molecular flexibility index (Phi) is 4.50. The molecule has 1 aromatic rings. The van der Waals surface area contributed by atoms with Gasteiger partial charge in [-0.15, -0.1) is 0 Å². The van der Waals surface area contributed by atoms with Gasteiger partial charge in [0.1, 0.15) is 0 Å². The third-order valence-electron chi connectivity index (χ3n) is 3.05. The highest BCUT2D eigenvalue weighted by Crippen LogP contribution is 2.31. The number of carbonyl (C=O) groups is 1. The molecule has 21 heavy (non-hydrogen) atoms. The highest BCUT2D eigenvalue weighted by molar-refractivity contribution is 7.88. The summed E-state index contributed by atoms with van der Waals surface area (Å²) in [6, 6.07) is 6.36. The number of ether oxygens (including phenoxy) is 1. The molecule has 7 nitrogen and oxygen atoms in total. The molecule has 0 aromatic heterocycles. The van der Waals surface area contributed by atoms with Crippen molar-refractivity contribution in [1.29, 1.82) is 0 Å². The van der Waals surface area contributed by atoms with Crippen molar-refractivity contribution >= 4 is 16.3 Å². The zero-order chi connectivity index (χ0) is 15.6. The number of aliphatic hydroxyl groups excluding tert-OH is 1. The van der Waals surface area contributed by atoms with Crippen LogP contribution in [0, 0.1) is 0 Å². The van der Waals surface area contributed by atoms with E-state index in [0.717, 1.165) is 5.56 Å². The Morgan fingerprint density at radius 2 is 2.05 bits per heavy atom. The minimum absolute atomic E-state index is 0.361. The summed E-state index contributed by atoms with van der Waals surface area (Å²) < 4.78 is 32.5. The van der Waals surface area contributed by atoms with Gasteiger partial charge in [0.15, 0.2) is 0 Å². The van der Waals surface area contributed by atoms with E-state index in [9.17, 15) is 18.3 Å². The largest absolute Gasteiger partial charge is 0.446 e. The van der Waals surface area contributed by atoms with Crippen LogP contribution in [0.3, 0.4) is 0 Å². The van der Waals surface area contributed by atoms with Gasteiger partial charge < -0.3 is 9.84 Å². The van der Waals surface area contributed by atoms with Crippen molar-refractivity contribution in [3.63, 3.8) is 0 Å². The molecule has 0 aliphatic heterocycles. The van der Waals surface area contributed by atoms with E-state index in [1.54, 1.807) is 30.7 Å². The highest BCUT2D eigenvalue weighted by atomic mass is 32.2. The first-order chi connectivity index (χ1) is 9.78. The van der Waals surface area contributed by atoms with Crippen molar-refractivity contribution in [2.75, 3.05) is 0 Å². The first-order valence-electron chi connectivity index (χ1n) is 6.55. The van der Waals surface area contributed by atoms with Crippen LogP contribution >= 0.6 is 0 Å². The Balaban J connectivity index is 2.09. The van der Waals surface area contributed by atoms with Gasteiger partial charge in [0, 0.05) is 6.42 Å². The molecule has 0 fully saturated rings. The van der Waals surface area contributed by atoms with E-state index in [0.29, 0.717) is 12.0 Å². The molecule has 0 saturated carbocycles. The molecule has 2 rings (SSSR count). The lowest BCUT2D eigenvalue weighted by Crippen LogP contribution is -2.44. The van der Waals surface area contributed by atoms with Crippen LogP contribution in [0.5, 0.6) is 0 Å². The fourth-order valence-corrected chi connectivity index (χ4v) is 3.21. The Labute approximate surface area is 123 Å². The topological polar surface area (TPSA) is 105 Å². The minimum atomic E-state index is -4.12. The lowest BCUT2D eigenvalue weighted by Gasteiger charge is -2.18. The Morgan fingerprint density at radius 1 is 1.38 bits per heavy atom. The van der Waals surface area contributed by atoms with Gasteiger partial charge in [0.2, 0.25) is 0 Å². The molecule has 0 saturated heterocycles. The predicted molar refractivity (Wildman–Crippen MR) is 75.7 cm³/mol. The zero-order valence-electron chi connectivity index (χ0n) is 11.7. The molecule has 0 unspecified atom stereocenters. The average Bonchev–Trinajstić information content (AvgIpc) is 2.63. The van der Waals surface area contributed by atoms with Gasteiger partial charge in [-0.3, -0.25) is 0 Å². The minimum Gasteiger partial charge on any atom is -0.446 e. The van der Waals surface area contributed by atoms with E-state index in [-0.39, 0.29) is 0 Å². The number of fused-ring (bicyclic) bond motifs is 1. The van der Waals surface area contributed by atoms with Crippen molar-refractivity contribution < 1.29 is 23.1 Å². The molecule has 116 valence electrons. The Bertz CT molecular complexity index is 629. The second kappa shape index (κ2) is 6.00. The summed E-state index contributed by atoms with van der Waals surface area (Å²) in [6.45, 7) is 3.22. The second-order valence-corrected chi connectivity index (χ2v) is 6.57. The van der Waals surface area contributed by atoms with Crippen LogP contribution in [0.4, 0.5) is 4.79 Å². The first kappa shape index (κ1) is 15.7. The number of hydrogen-bond donors (Lipinski definition) is 3. The third kappa shape index (κ3) is 3.93. The summed E-state index contributed by atoms with van der Waals surface area (Å²) in [4.78, 5) is 11.4. The maximum absolute atomic E-state index is 11.9. The number of nitrogens with one attached hydrogen (secondary N) is 2. The van der Waals surface area contributed by atoms with E-state index < -0.39 is 34.6 Å². The van der Waals surface area contributed by atoms with Crippen LogP contribution in [-0.2, 0) is 21.4 Å². The van der Waals surface area contributed by atoms with Crippen LogP contribution in [0.2, 0.25) is 0 Å². The van der Waals surface area contributed by atoms with Crippen molar-refractivity contribution in [1.82, 2.24) is 9.44 Å². The summed E-state index contributed by atoms with van der Waals surface area (Å²) >= 11 is 0. The van der Waals surface area contributed by atoms with E-state index >= 15 is 0 Å². The lowest BCUT2D eigenvalue weighted by molar-refractivity contribution is 0.121. The number of benzene rings is 1. The van der Waals surface area contributed by atoms with Crippen LogP contribution in [-0.4, -0.2) is 31.8 Å². The molecule has 0 bridgehead atoms.